The molecule has 3 aromatic rings. The molecule has 2 aromatic carbocycles. The van der Waals surface area contributed by atoms with Crippen LogP contribution >= 0.6 is 0 Å². The largest absolute Gasteiger partial charge is 0.490 e. The summed E-state index contributed by atoms with van der Waals surface area (Å²) in [6.45, 7) is 3.90. The molecular formula is C17H15NO3S. The first kappa shape index (κ1) is 14.4. The molecule has 4 nitrogen and oxygen atoms in total. The monoisotopic (exact) mass is 313 g/mol. The average molecular weight is 313 g/mol. The molecular weight excluding hydrogens is 298 g/mol. The summed E-state index contributed by atoms with van der Waals surface area (Å²) in [4.78, 5) is 0.190. The van der Waals surface area contributed by atoms with E-state index in [0.717, 1.165) is 5.39 Å². The minimum atomic E-state index is -3.66. The number of rotatable bonds is 5. The lowest BCUT2D eigenvalue weighted by Gasteiger charge is -2.09. The highest BCUT2D eigenvalue weighted by Gasteiger charge is 2.19. The second-order valence-corrected chi connectivity index (χ2v) is 6.56. The zero-order chi connectivity index (χ0) is 15.6. The third-order valence-corrected chi connectivity index (χ3v) is 4.98. The Labute approximate surface area is 129 Å². The second-order valence-electron chi connectivity index (χ2n) is 4.75. The summed E-state index contributed by atoms with van der Waals surface area (Å²) >= 11 is 0. The number of aromatic nitrogens is 1. The van der Waals surface area contributed by atoms with Gasteiger partial charge in [0.1, 0.15) is 12.4 Å². The molecule has 5 heteroatoms. The van der Waals surface area contributed by atoms with Crippen LogP contribution < -0.4 is 4.74 Å². The van der Waals surface area contributed by atoms with Crippen molar-refractivity contribution in [1.82, 2.24) is 3.97 Å². The Hall–Kier alpha value is -2.53. The van der Waals surface area contributed by atoms with E-state index in [1.165, 1.54) is 10.0 Å². The molecule has 0 aliphatic carbocycles. The lowest BCUT2D eigenvalue weighted by Crippen LogP contribution is -2.11. The fourth-order valence-corrected chi connectivity index (χ4v) is 3.65. The smallest absolute Gasteiger partial charge is 0.268 e. The lowest BCUT2D eigenvalue weighted by atomic mass is 10.3. The van der Waals surface area contributed by atoms with E-state index in [2.05, 4.69) is 6.58 Å². The van der Waals surface area contributed by atoms with Crippen molar-refractivity contribution in [2.75, 3.05) is 6.61 Å². The molecule has 0 saturated heterocycles. The molecule has 0 N–H and O–H groups in total. The van der Waals surface area contributed by atoms with Gasteiger partial charge in [0.25, 0.3) is 10.0 Å². The van der Waals surface area contributed by atoms with Crippen LogP contribution in [-0.2, 0) is 10.0 Å². The van der Waals surface area contributed by atoms with E-state index in [0.29, 0.717) is 17.9 Å². The van der Waals surface area contributed by atoms with Gasteiger partial charge in [-0.1, -0.05) is 36.9 Å². The number of hydrogen-bond donors (Lipinski definition) is 0. The van der Waals surface area contributed by atoms with Gasteiger partial charge in [0.2, 0.25) is 0 Å². The Morgan fingerprint density at radius 2 is 1.91 bits per heavy atom. The first-order valence-corrected chi connectivity index (χ1v) is 8.22. The van der Waals surface area contributed by atoms with Crippen LogP contribution in [0.1, 0.15) is 0 Å². The predicted octanol–water partition coefficient (Wildman–Crippen LogP) is 3.44. The van der Waals surface area contributed by atoms with Gasteiger partial charge in [0.15, 0.2) is 0 Å². The van der Waals surface area contributed by atoms with Crippen molar-refractivity contribution in [3.63, 3.8) is 0 Å². The molecule has 0 atom stereocenters. The summed E-state index contributed by atoms with van der Waals surface area (Å²) in [5.41, 5.74) is 0.653. The summed E-state index contributed by atoms with van der Waals surface area (Å²) in [6.07, 6.45) is 3.18. The van der Waals surface area contributed by atoms with Gasteiger partial charge >= 0.3 is 0 Å². The highest BCUT2D eigenvalue weighted by atomic mass is 32.2. The topological polar surface area (TPSA) is 48.3 Å². The first-order chi connectivity index (χ1) is 10.6. The Morgan fingerprint density at radius 1 is 1.09 bits per heavy atom. The highest BCUT2D eigenvalue weighted by molar-refractivity contribution is 7.90. The van der Waals surface area contributed by atoms with Crippen molar-refractivity contribution < 1.29 is 13.2 Å². The minimum absolute atomic E-state index is 0.190. The molecule has 1 heterocycles. The van der Waals surface area contributed by atoms with E-state index in [9.17, 15) is 8.42 Å². The Balaban J connectivity index is 2.08. The Morgan fingerprint density at radius 3 is 2.73 bits per heavy atom. The van der Waals surface area contributed by atoms with E-state index >= 15 is 0 Å². The van der Waals surface area contributed by atoms with Crippen LogP contribution in [0.3, 0.4) is 0 Å². The van der Waals surface area contributed by atoms with E-state index in [4.69, 9.17) is 4.74 Å². The van der Waals surface area contributed by atoms with Gasteiger partial charge in [-0.25, -0.2) is 12.4 Å². The summed E-state index contributed by atoms with van der Waals surface area (Å²) < 4.78 is 32.3. The van der Waals surface area contributed by atoms with E-state index in [1.807, 2.05) is 18.2 Å². The molecule has 0 aliphatic heterocycles. The van der Waals surface area contributed by atoms with Gasteiger partial charge in [-0.05, 0) is 24.3 Å². The van der Waals surface area contributed by atoms with Gasteiger partial charge in [-0.3, -0.25) is 0 Å². The maximum atomic E-state index is 12.8. The van der Waals surface area contributed by atoms with Gasteiger partial charge in [0, 0.05) is 17.6 Å². The molecule has 0 unspecified atom stereocenters. The molecule has 1 aromatic heterocycles. The number of para-hydroxylation sites is 1. The number of hydrogen-bond acceptors (Lipinski definition) is 3. The Bertz CT molecular complexity index is 926. The highest BCUT2D eigenvalue weighted by Crippen LogP contribution is 2.24. The second kappa shape index (κ2) is 5.69. The van der Waals surface area contributed by atoms with Crippen LogP contribution in [0.2, 0.25) is 0 Å². The quantitative estimate of drug-likeness (QED) is 0.678. The van der Waals surface area contributed by atoms with Crippen molar-refractivity contribution in [3.05, 3.63) is 73.4 Å². The van der Waals surface area contributed by atoms with Crippen molar-refractivity contribution in [2.45, 2.75) is 4.90 Å². The van der Waals surface area contributed by atoms with Gasteiger partial charge in [-0.15, -0.1) is 0 Å². The standard InChI is InChI=1S/C17H15NO3S/c1-2-12-21-15-7-5-8-16(13-15)22(19,20)18-11-10-14-6-3-4-9-17(14)18/h2-11,13H,1,12H2. The molecule has 0 saturated carbocycles. The summed E-state index contributed by atoms with van der Waals surface area (Å²) in [7, 11) is -3.66. The number of nitrogens with zero attached hydrogens (tertiary/aromatic N) is 1. The maximum Gasteiger partial charge on any atom is 0.268 e. The number of benzene rings is 2. The molecule has 22 heavy (non-hydrogen) atoms. The van der Waals surface area contributed by atoms with Gasteiger partial charge in [-0.2, -0.15) is 0 Å². The molecule has 0 spiro atoms. The maximum absolute atomic E-state index is 12.8. The molecule has 0 aliphatic rings. The van der Waals surface area contributed by atoms with E-state index in [-0.39, 0.29) is 4.90 Å². The minimum Gasteiger partial charge on any atom is -0.490 e. The average Bonchev–Trinajstić information content (AvgIpc) is 2.98. The predicted molar refractivity (Wildman–Crippen MR) is 86.7 cm³/mol. The van der Waals surface area contributed by atoms with E-state index in [1.54, 1.807) is 42.6 Å². The Kier molecular flexibility index (Phi) is 3.73. The van der Waals surface area contributed by atoms with Crippen LogP contribution in [0.15, 0.2) is 78.3 Å². The van der Waals surface area contributed by atoms with Crippen LogP contribution in [0.5, 0.6) is 5.75 Å². The lowest BCUT2D eigenvalue weighted by molar-refractivity contribution is 0.362. The fraction of sp³-hybridized carbons (Fsp3) is 0.0588. The zero-order valence-electron chi connectivity index (χ0n) is 11.8. The summed E-state index contributed by atoms with van der Waals surface area (Å²) in [5.74, 6) is 0.498. The van der Waals surface area contributed by atoms with Gasteiger partial charge in [0.05, 0.1) is 10.4 Å². The van der Waals surface area contributed by atoms with Gasteiger partial charge < -0.3 is 4.74 Å². The van der Waals surface area contributed by atoms with Crippen LogP contribution in [0, 0.1) is 0 Å². The number of ether oxygens (including phenoxy) is 1. The fourth-order valence-electron chi connectivity index (χ4n) is 2.26. The molecule has 3 rings (SSSR count). The van der Waals surface area contributed by atoms with Crippen LogP contribution in [0.25, 0.3) is 10.9 Å². The summed E-state index contributed by atoms with van der Waals surface area (Å²) in [5, 5.41) is 0.880. The third kappa shape index (κ3) is 2.51. The SMILES string of the molecule is C=CCOc1cccc(S(=O)(=O)n2ccc3ccccc32)c1. The molecule has 0 bridgehead atoms. The molecule has 112 valence electrons. The van der Waals surface area contributed by atoms with Crippen LogP contribution in [-0.4, -0.2) is 19.0 Å². The molecule has 0 radical (unpaired) electrons. The molecule has 0 fully saturated rings. The number of fused-ring (bicyclic) bond motifs is 1. The molecule has 0 amide bonds. The van der Waals surface area contributed by atoms with E-state index < -0.39 is 10.0 Å². The van der Waals surface area contributed by atoms with Crippen molar-refractivity contribution in [1.29, 1.82) is 0 Å². The van der Waals surface area contributed by atoms with Crippen molar-refractivity contribution in [2.24, 2.45) is 0 Å². The van der Waals surface area contributed by atoms with Crippen molar-refractivity contribution >= 4 is 20.9 Å². The normalized spacial score (nSPS) is 11.5. The first-order valence-electron chi connectivity index (χ1n) is 6.78. The zero-order valence-corrected chi connectivity index (χ0v) is 12.7. The third-order valence-electron chi connectivity index (χ3n) is 3.29. The van der Waals surface area contributed by atoms with Crippen molar-refractivity contribution in [3.8, 4) is 5.75 Å². The van der Waals surface area contributed by atoms with Crippen LogP contribution in [0.4, 0.5) is 0 Å². The summed E-state index contributed by atoms with van der Waals surface area (Å²) in [6, 6.07) is 15.6.